The van der Waals surface area contributed by atoms with E-state index in [2.05, 4.69) is 4.72 Å². The van der Waals surface area contributed by atoms with Gasteiger partial charge in [-0.25, -0.2) is 8.42 Å². The van der Waals surface area contributed by atoms with Gasteiger partial charge in [-0.05, 0) is 24.3 Å². The third kappa shape index (κ3) is 3.25. The van der Waals surface area contributed by atoms with Crippen LogP contribution in [-0.2, 0) is 14.8 Å². The van der Waals surface area contributed by atoms with Gasteiger partial charge in [0, 0.05) is 11.3 Å². The molecule has 13 heavy (non-hydrogen) atoms. The van der Waals surface area contributed by atoms with Crippen LogP contribution in [0.4, 0.5) is 5.69 Å². The Balaban J connectivity index is 2.87. The van der Waals surface area contributed by atoms with Crippen LogP contribution in [0.3, 0.4) is 0 Å². The van der Waals surface area contributed by atoms with Crippen LogP contribution >= 0.6 is 0 Å². The molecule has 0 amide bonds. The number of anilines is 1. The summed E-state index contributed by atoms with van der Waals surface area (Å²) in [7, 11) is -3.25. The van der Waals surface area contributed by atoms with Crippen molar-refractivity contribution in [2.24, 2.45) is 0 Å². The van der Waals surface area contributed by atoms with Crippen LogP contribution in [0.2, 0.25) is 0 Å². The highest BCUT2D eigenvalue weighted by Crippen LogP contribution is 2.08. The molecule has 0 aromatic heterocycles. The lowest BCUT2D eigenvalue weighted by Gasteiger charge is -2.02. The number of rotatable bonds is 3. The maximum atomic E-state index is 10.8. The molecular weight excluding hydrogens is 190 g/mol. The number of sulfonamides is 1. The molecule has 1 aromatic rings. The molecule has 1 aromatic carbocycles. The zero-order valence-corrected chi connectivity index (χ0v) is 7.76. The van der Waals surface area contributed by atoms with Gasteiger partial charge in [0.15, 0.2) is 0 Å². The number of hydrogen-bond acceptors (Lipinski definition) is 3. The highest BCUT2D eigenvalue weighted by Gasteiger charge is 2.00. The maximum absolute atomic E-state index is 10.8. The normalized spacial score (nSPS) is 10.8. The molecule has 0 aliphatic rings. The van der Waals surface area contributed by atoms with Gasteiger partial charge in [0.2, 0.25) is 16.3 Å². The van der Waals surface area contributed by atoms with Gasteiger partial charge in [0.1, 0.15) is 0 Å². The van der Waals surface area contributed by atoms with Crippen molar-refractivity contribution >= 4 is 22.0 Å². The molecule has 0 unspecified atom stereocenters. The first-order valence-corrected chi connectivity index (χ1v) is 5.36. The van der Waals surface area contributed by atoms with Gasteiger partial charge in [-0.3, -0.25) is 9.52 Å². The lowest BCUT2D eigenvalue weighted by Crippen LogP contribution is -2.09. The molecule has 4 nitrogen and oxygen atoms in total. The fourth-order valence-electron chi connectivity index (χ4n) is 0.820. The summed E-state index contributed by atoms with van der Waals surface area (Å²) in [6, 6.07) is 5.98. The van der Waals surface area contributed by atoms with Crippen LogP contribution in [0.5, 0.6) is 0 Å². The summed E-state index contributed by atoms with van der Waals surface area (Å²) in [6.07, 6.45) is 2.75. The van der Waals surface area contributed by atoms with Gasteiger partial charge >= 0.3 is 0 Å². The molecule has 0 bridgehead atoms. The molecule has 0 saturated carbocycles. The summed E-state index contributed by atoms with van der Waals surface area (Å²) in [5, 5.41) is 0. The van der Waals surface area contributed by atoms with Crippen molar-refractivity contribution in [2.45, 2.75) is 0 Å². The monoisotopic (exact) mass is 198 g/mol. The fraction of sp³-hybridized carbons (Fsp3) is 0.125. The highest BCUT2D eigenvalue weighted by molar-refractivity contribution is 7.92. The van der Waals surface area contributed by atoms with E-state index in [1.165, 1.54) is 24.3 Å². The van der Waals surface area contributed by atoms with Crippen molar-refractivity contribution < 1.29 is 13.2 Å². The standard InChI is InChI=1S/C8H8NO3S/c1-13(11,12)9-8-4-2-7(6-10)3-5-8/h2-5,9H,1H3. The zero-order chi connectivity index (χ0) is 9.90. The van der Waals surface area contributed by atoms with E-state index in [1.807, 2.05) is 0 Å². The van der Waals surface area contributed by atoms with Gasteiger partial charge in [-0.1, -0.05) is 0 Å². The predicted octanol–water partition coefficient (Wildman–Crippen LogP) is 0.516. The maximum Gasteiger partial charge on any atom is 0.233 e. The van der Waals surface area contributed by atoms with E-state index in [1.54, 1.807) is 6.29 Å². The van der Waals surface area contributed by atoms with Crippen LogP contribution in [0.15, 0.2) is 24.3 Å². The van der Waals surface area contributed by atoms with E-state index in [0.717, 1.165) is 6.26 Å². The minimum atomic E-state index is -3.25. The number of nitrogens with one attached hydrogen (secondary N) is 1. The molecule has 0 aliphatic heterocycles. The molecule has 1 rings (SSSR count). The molecule has 0 heterocycles. The van der Waals surface area contributed by atoms with E-state index in [9.17, 15) is 13.2 Å². The van der Waals surface area contributed by atoms with E-state index < -0.39 is 10.0 Å². The van der Waals surface area contributed by atoms with Gasteiger partial charge < -0.3 is 0 Å². The SMILES string of the molecule is CS(=O)(=O)Nc1ccc([C]=O)cc1. The molecule has 0 fully saturated rings. The Hall–Kier alpha value is -1.36. The second-order valence-corrected chi connectivity index (χ2v) is 4.30. The van der Waals surface area contributed by atoms with Gasteiger partial charge in [0.05, 0.1) is 6.26 Å². The van der Waals surface area contributed by atoms with E-state index in [4.69, 9.17) is 0 Å². The summed E-state index contributed by atoms with van der Waals surface area (Å²) in [5.41, 5.74) is 0.820. The van der Waals surface area contributed by atoms with Crippen molar-refractivity contribution in [2.75, 3.05) is 11.0 Å². The molecule has 0 atom stereocenters. The van der Waals surface area contributed by atoms with Crippen LogP contribution in [0.1, 0.15) is 5.56 Å². The first-order chi connectivity index (χ1) is 6.01. The van der Waals surface area contributed by atoms with E-state index in [0.29, 0.717) is 11.3 Å². The number of benzene rings is 1. The van der Waals surface area contributed by atoms with E-state index >= 15 is 0 Å². The molecule has 0 spiro atoms. The summed E-state index contributed by atoms with van der Waals surface area (Å²) >= 11 is 0. The molecule has 1 N–H and O–H groups in total. The Morgan fingerprint density at radius 3 is 2.15 bits per heavy atom. The molecule has 5 heteroatoms. The second kappa shape index (κ2) is 3.57. The summed E-state index contributed by atoms with van der Waals surface area (Å²) in [4.78, 5) is 10.1. The lowest BCUT2D eigenvalue weighted by molar-refractivity contribution is 0.563. The highest BCUT2D eigenvalue weighted by atomic mass is 32.2. The Morgan fingerprint density at radius 1 is 1.23 bits per heavy atom. The molecule has 0 aliphatic carbocycles. The zero-order valence-electron chi connectivity index (χ0n) is 6.94. The van der Waals surface area contributed by atoms with Crippen molar-refractivity contribution in [1.82, 2.24) is 0 Å². The van der Waals surface area contributed by atoms with Crippen LogP contribution in [0.25, 0.3) is 0 Å². The van der Waals surface area contributed by atoms with Crippen LogP contribution in [-0.4, -0.2) is 21.0 Å². The predicted molar refractivity (Wildman–Crippen MR) is 49.7 cm³/mol. The van der Waals surface area contributed by atoms with Crippen molar-refractivity contribution in [3.63, 3.8) is 0 Å². The molecule has 69 valence electrons. The Kier molecular flexibility index (Phi) is 2.67. The van der Waals surface area contributed by atoms with Crippen molar-refractivity contribution in [1.29, 1.82) is 0 Å². The van der Waals surface area contributed by atoms with Gasteiger partial charge in [0.25, 0.3) is 0 Å². The minimum Gasteiger partial charge on any atom is -0.285 e. The largest absolute Gasteiger partial charge is 0.285 e. The Labute approximate surface area is 76.6 Å². The Bertz CT molecular complexity index is 394. The second-order valence-electron chi connectivity index (χ2n) is 2.55. The third-order valence-corrected chi connectivity index (χ3v) is 1.91. The third-order valence-electron chi connectivity index (χ3n) is 1.31. The topological polar surface area (TPSA) is 63.2 Å². The lowest BCUT2D eigenvalue weighted by atomic mass is 10.2. The summed E-state index contributed by atoms with van der Waals surface area (Å²) < 4.78 is 23.8. The van der Waals surface area contributed by atoms with E-state index in [-0.39, 0.29) is 0 Å². The van der Waals surface area contributed by atoms with Crippen LogP contribution in [0, 0.1) is 0 Å². The molecule has 0 saturated heterocycles. The smallest absolute Gasteiger partial charge is 0.233 e. The van der Waals surface area contributed by atoms with Crippen molar-refractivity contribution in [3.8, 4) is 0 Å². The van der Waals surface area contributed by atoms with Gasteiger partial charge in [-0.15, -0.1) is 0 Å². The average Bonchev–Trinajstić information content (AvgIpc) is 2.03. The summed E-state index contributed by atoms with van der Waals surface area (Å²) in [5.74, 6) is 0. The quantitative estimate of drug-likeness (QED) is 0.770. The fourth-order valence-corrected chi connectivity index (χ4v) is 1.38. The average molecular weight is 198 g/mol. The molecular formula is C8H8NO3S. The van der Waals surface area contributed by atoms with Gasteiger partial charge in [-0.2, -0.15) is 0 Å². The number of carbonyl (C=O) groups excluding carboxylic acids is 1. The first kappa shape index (κ1) is 9.73. The van der Waals surface area contributed by atoms with Crippen molar-refractivity contribution in [3.05, 3.63) is 29.8 Å². The Morgan fingerprint density at radius 2 is 1.77 bits per heavy atom. The summed E-state index contributed by atoms with van der Waals surface area (Å²) in [6.45, 7) is 0. The first-order valence-electron chi connectivity index (χ1n) is 3.47. The number of hydrogen-bond donors (Lipinski definition) is 1. The molecule has 1 radical (unpaired) electrons. The van der Waals surface area contributed by atoms with Crippen LogP contribution < -0.4 is 4.72 Å². The minimum absolute atomic E-state index is 0.388.